The Morgan fingerprint density at radius 1 is 1.20 bits per heavy atom. The van der Waals surface area contributed by atoms with Gasteiger partial charge in [0.15, 0.2) is 0 Å². The minimum Gasteiger partial charge on any atom is -0.0695 e. The average Bonchev–Trinajstić information content (AvgIpc) is 1.56. The van der Waals surface area contributed by atoms with Crippen LogP contribution in [0.15, 0.2) is 0 Å². The Bertz CT molecular complexity index is 97.8. The smallest absolute Gasteiger partial charge is 0.0442 e. The van der Waals surface area contributed by atoms with Crippen LogP contribution in [-0.4, -0.2) is 8.07 Å². The Kier molecular flexibility index (Phi) is 2.56. The van der Waals surface area contributed by atoms with E-state index >= 15 is 0 Å². The summed E-state index contributed by atoms with van der Waals surface area (Å²) in [4.78, 5) is 0. The van der Waals surface area contributed by atoms with E-state index in [-0.39, 0.29) is 0 Å². The first-order valence-electron chi connectivity index (χ1n) is 4.58. The lowest BCUT2D eigenvalue weighted by Gasteiger charge is -2.28. The SMILES string of the molecule is C[Si](C)(C)CCC1CCC1. The molecule has 0 unspecified atom stereocenters. The molecule has 0 aliphatic heterocycles. The second kappa shape index (κ2) is 3.08. The zero-order valence-electron chi connectivity index (χ0n) is 7.61. The van der Waals surface area contributed by atoms with E-state index in [0.717, 1.165) is 5.92 Å². The fourth-order valence-electron chi connectivity index (χ4n) is 1.42. The molecular weight excluding hydrogens is 136 g/mol. The van der Waals surface area contributed by atoms with Gasteiger partial charge in [0.1, 0.15) is 0 Å². The van der Waals surface area contributed by atoms with Crippen LogP contribution in [0.25, 0.3) is 0 Å². The predicted molar refractivity (Wildman–Crippen MR) is 50.1 cm³/mol. The maximum atomic E-state index is 2.48. The van der Waals surface area contributed by atoms with Crippen LogP contribution >= 0.6 is 0 Å². The van der Waals surface area contributed by atoms with E-state index in [0.29, 0.717) is 0 Å². The molecule has 0 bridgehead atoms. The Hall–Kier alpha value is 0.217. The standard InChI is InChI=1S/C9H20Si/c1-10(2,3)8-7-9-5-4-6-9/h9H,4-8H2,1-3H3. The largest absolute Gasteiger partial charge is 0.0695 e. The lowest BCUT2D eigenvalue weighted by Crippen LogP contribution is -2.22. The molecule has 1 rings (SSSR count). The first kappa shape index (κ1) is 8.31. The fraction of sp³-hybridized carbons (Fsp3) is 1.00. The van der Waals surface area contributed by atoms with Crippen molar-refractivity contribution in [1.29, 1.82) is 0 Å². The van der Waals surface area contributed by atoms with Gasteiger partial charge in [0.25, 0.3) is 0 Å². The van der Waals surface area contributed by atoms with Crippen LogP contribution in [0, 0.1) is 5.92 Å². The van der Waals surface area contributed by atoms with Crippen molar-refractivity contribution in [3.63, 3.8) is 0 Å². The van der Waals surface area contributed by atoms with Crippen molar-refractivity contribution < 1.29 is 0 Å². The molecule has 0 aromatic rings. The van der Waals surface area contributed by atoms with Gasteiger partial charge >= 0.3 is 0 Å². The summed E-state index contributed by atoms with van der Waals surface area (Å²) in [6.07, 6.45) is 6.11. The molecular formula is C9H20Si. The molecule has 1 heteroatoms. The van der Waals surface area contributed by atoms with E-state index in [1.54, 1.807) is 6.04 Å². The minimum absolute atomic E-state index is 0.702. The summed E-state index contributed by atoms with van der Waals surface area (Å²) in [5.74, 6) is 1.13. The van der Waals surface area contributed by atoms with Gasteiger partial charge < -0.3 is 0 Å². The van der Waals surface area contributed by atoms with E-state index < -0.39 is 8.07 Å². The third-order valence-corrected chi connectivity index (χ3v) is 4.32. The third kappa shape index (κ3) is 2.87. The van der Waals surface area contributed by atoms with Crippen molar-refractivity contribution in [3.05, 3.63) is 0 Å². The summed E-state index contributed by atoms with van der Waals surface area (Å²) in [5, 5.41) is 0. The number of hydrogen-bond donors (Lipinski definition) is 0. The van der Waals surface area contributed by atoms with Crippen LogP contribution in [0.3, 0.4) is 0 Å². The van der Waals surface area contributed by atoms with E-state index in [9.17, 15) is 0 Å². The van der Waals surface area contributed by atoms with E-state index in [1.807, 2.05) is 0 Å². The highest BCUT2D eigenvalue weighted by Crippen LogP contribution is 2.32. The molecule has 60 valence electrons. The Balaban J connectivity index is 2.04. The molecule has 0 atom stereocenters. The van der Waals surface area contributed by atoms with Crippen molar-refractivity contribution in [2.75, 3.05) is 0 Å². The first-order valence-corrected chi connectivity index (χ1v) is 8.29. The van der Waals surface area contributed by atoms with Crippen molar-refractivity contribution in [3.8, 4) is 0 Å². The van der Waals surface area contributed by atoms with Crippen LogP contribution in [-0.2, 0) is 0 Å². The highest BCUT2D eigenvalue weighted by Gasteiger charge is 2.20. The van der Waals surface area contributed by atoms with E-state index in [1.165, 1.54) is 25.7 Å². The van der Waals surface area contributed by atoms with E-state index in [2.05, 4.69) is 19.6 Å². The molecule has 0 aromatic heterocycles. The van der Waals surface area contributed by atoms with Gasteiger partial charge in [-0.1, -0.05) is 51.4 Å². The molecule has 1 aliphatic carbocycles. The molecule has 0 spiro atoms. The molecule has 0 nitrogen and oxygen atoms in total. The molecule has 1 saturated carbocycles. The summed E-state index contributed by atoms with van der Waals surface area (Å²) >= 11 is 0. The molecule has 0 amide bonds. The van der Waals surface area contributed by atoms with Crippen LogP contribution < -0.4 is 0 Å². The Morgan fingerprint density at radius 2 is 1.80 bits per heavy atom. The van der Waals surface area contributed by atoms with E-state index in [4.69, 9.17) is 0 Å². The first-order chi connectivity index (χ1) is 4.58. The molecule has 1 aliphatic rings. The van der Waals surface area contributed by atoms with Crippen molar-refractivity contribution in [2.24, 2.45) is 5.92 Å². The summed E-state index contributed by atoms with van der Waals surface area (Å²) in [6.45, 7) is 7.43. The van der Waals surface area contributed by atoms with Gasteiger partial charge in [0.05, 0.1) is 0 Å². The molecule has 0 saturated heterocycles. The fourth-order valence-corrected chi connectivity index (χ4v) is 2.69. The van der Waals surface area contributed by atoms with Crippen LogP contribution in [0.2, 0.25) is 25.7 Å². The topological polar surface area (TPSA) is 0 Å². The summed E-state index contributed by atoms with van der Waals surface area (Å²) < 4.78 is 0. The average molecular weight is 156 g/mol. The second-order valence-electron chi connectivity index (χ2n) is 4.90. The number of rotatable bonds is 3. The molecule has 10 heavy (non-hydrogen) atoms. The lowest BCUT2D eigenvalue weighted by atomic mass is 9.84. The molecule has 0 radical (unpaired) electrons. The van der Waals surface area contributed by atoms with Gasteiger partial charge in [-0.25, -0.2) is 0 Å². The molecule has 0 aromatic carbocycles. The monoisotopic (exact) mass is 156 g/mol. The summed E-state index contributed by atoms with van der Waals surface area (Å²) in [6, 6.07) is 1.55. The Morgan fingerprint density at radius 3 is 2.10 bits per heavy atom. The van der Waals surface area contributed by atoms with Crippen LogP contribution in [0.5, 0.6) is 0 Å². The molecule has 1 fully saturated rings. The quantitative estimate of drug-likeness (QED) is 0.549. The predicted octanol–water partition coefficient (Wildman–Crippen LogP) is 3.51. The van der Waals surface area contributed by atoms with Gasteiger partial charge in [0.2, 0.25) is 0 Å². The minimum atomic E-state index is -0.702. The van der Waals surface area contributed by atoms with Gasteiger partial charge in [-0.05, 0) is 5.92 Å². The zero-order valence-corrected chi connectivity index (χ0v) is 8.61. The maximum Gasteiger partial charge on any atom is 0.0442 e. The zero-order chi connectivity index (χ0) is 7.61. The highest BCUT2D eigenvalue weighted by molar-refractivity contribution is 6.76. The van der Waals surface area contributed by atoms with Gasteiger partial charge in [-0.15, -0.1) is 0 Å². The third-order valence-electron chi connectivity index (χ3n) is 2.53. The second-order valence-corrected chi connectivity index (χ2v) is 10.5. The van der Waals surface area contributed by atoms with Crippen molar-refractivity contribution >= 4 is 8.07 Å². The Labute approximate surface area is 66.0 Å². The number of hydrogen-bond acceptors (Lipinski definition) is 0. The molecule has 0 N–H and O–H groups in total. The van der Waals surface area contributed by atoms with Crippen LogP contribution in [0.1, 0.15) is 25.7 Å². The van der Waals surface area contributed by atoms with Crippen molar-refractivity contribution in [2.45, 2.75) is 51.4 Å². The summed E-state index contributed by atoms with van der Waals surface area (Å²) in [7, 11) is -0.702. The van der Waals surface area contributed by atoms with Gasteiger partial charge in [0, 0.05) is 8.07 Å². The van der Waals surface area contributed by atoms with Crippen LogP contribution in [0.4, 0.5) is 0 Å². The van der Waals surface area contributed by atoms with Gasteiger partial charge in [-0.3, -0.25) is 0 Å². The lowest BCUT2D eigenvalue weighted by molar-refractivity contribution is 0.306. The normalized spacial score (nSPS) is 20.7. The van der Waals surface area contributed by atoms with Crippen molar-refractivity contribution in [1.82, 2.24) is 0 Å². The molecule has 0 heterocycles. The summed E-state index contributed by atoms with van der Waals surface area (Å²) in [5.41, 5.74) is 0. The van der Waals surface area contributed by atoms with Gasteiger partial charge in [-0.2, -0.15) is 0 Å². The maximum absolute atomic E-state index is 2.48. The highest BCUT2D eigenvalue weighted by atomic mass is 28.3.